The van der Waals surface area contributed by atoms with Crippen molar-refractivity contribution < 1.29 is 14.3 Å². The Balaban J connectivity index is 2.76. The molecule has 0 aliphatic carbocycles. The molecule has 0 aliphatic heterocycles. The van der Waals surface area contributed by atoms with E-state index in [9.17, 15) is 9.59 Å². The summed E-state index contributed by atoms with van der Waals surface area (Å²) in [7, 11) is 0. The predicted molar refractivity (Wildman–Crippen MR) is 53.2 cm³/mol. The second-order valence-electron chi connectivity index (χ2n) is 2.33. The fourth-order valence-corrected chi connectivity index (χ4v) is 1.51. The summed E-state index contributed by atoms with van der Waals surface area (Å²) in [6, 6.07) is 0. The topological polar surface area (TPSA) is 43.4 Å². The van der Waals surface area contributed by atoms with E-state index in [-0.39, 0.29) is 0 Å². The molecule has 0 bridgehead atoms. The van der Waals surface area contributed by atoms with Crippen LogP contribution in [0.5, 0.6) is 0 Å². The van der Waals surface area contributed by atoms with E-state index in [0.717, 1.165) is 0 Å². The summed E-state index contributed by atoms with van der Waals surface area (Å²) in [5.74, 6) is 4.31. The quantitative estimate of drug-likeness (QED) is 0.420. The smallest absolute Gasteiger partial charge is 0.384 e. The van der Waals surface area contributed by atoms with Gasteiger partial charge in [-0.1, -0.05) is 5.92 Å². The average Bonchev–Trinajstić information content (AvgIpc) is 2.62. The third-order valence-electron chi connectivity index (χ3n) is 1.39. The average molecular weight is 208 g/mol. The first-order valence-corrected chi connectivity index (χ1v) is 4.92. The summed E-state index contributed by atoms with van der Waals surface area (Å²) in [4.78, 5) is 21.3. The summed E-state index contributed by atoms with van der Waals surface area (Å²) in [6.07, 6.45) is 0.714. The molecular weight excluding hydrogens is 200 g/mol. The molecule has 0 aliphatic rings. The van der Waals surface area contributed by atoms with Crippen molar-refractivity contribution in [1.29, 1.82) is 0 Å². The highest BCUT2D eigenvalue weighted by molar-refractivity contribution is 7.08. The van der Waals surface area contributed by atoms with E-state index in [1.165, 1.54) is 11.3 Å². The van der Waals surface area contributed by atoms with Gasteiger partial charge >= 0.3 is 5.97 Å². The zero-order valence-corrected chi connectivity index (χ0v) is 8.39. The van der Waals surface area contributed by atoms with Crippen molar-refractivity contribution in [2.24, 2.45) is 0 Å². The van der Waals surface area contributed by atoms with E-state index in [0.29, 0.717) is 24.0 Å². The van der Waals surface area contributed by atoms with Gasteiger partial charge in [0, 0.05) is 27.8 Å². The Morgan fingerprint density at radius 1 is 1.64 bits per heavy atom. The lowest BCUT2D eigenvalue weighted by Crippen LogP contribution is -1.99. The van der Waals surface area contributed by atoms with Crippen molar-refractivity contribution in [1.82, 2.24) is 0 Å². The maximum atomic E-state index is 10.9. The minimum absolute atomic E-state index is 0.303. The van der Waals surface area contributed by atoms with Crippen LogP contribution < -0.4 is 0 Å². The van der Waals surface area contributed by atoms with Crippen LogP contribution >= 0.6 is 11.3 Å². The number of esters is 1. The maximum Gasteiger partial charge on any atom is 0.384 e. The molecule has 72 valence electrons. The molecule has 0 saturated carbocycles. The molecule has 0 saturated heterocycles. The first-order valence-electron chi connectivity index (χ1n) is 3.98. The van der Waals surface area contributed by atoms with Gasteiger partial charge in [0.05, 0.1) is 6.61 Å². The van der Waals surface area contributed by atoms with Crippen LogP contribution in [0.3, 0.4) is 0 Å². The Morgan fingerprint density at radius 3 is 3.07 bits per heavy atom. The van der Waals surface area contributed by atoms with E-state index < -0.39 is 5.97 Å². The van der Waals surface area contributed by atoms with Gasteiger partial charge in [-0.25, -0.2) is 4.79 Å². The highest BCUT2D eigenvalue weighted by Crippen LogP contribution is 2.10. The molecule has 0 spiro atoms. The summed E-state index contributed by atoms with van der Waals surface area (Å²) >= 11 is 1.37. The highest BCUT2D eigenvalue weighted by Gasteiger charge is 1.99. The molecule has 0 fully saturated rings. The monoisotopic (exact) mass is 208 g/mol. The lowest BCUT2D eigenvalue weighted by molar-refractivity contribution is -0.136. The Kier molecular flexibility index (Phi) is 3.89. The van der Waals surface area contributed by atoms with Crippen LogP contribution in [0.2, 0.25) is 0 Å². The van der Waals surface area contributed by atoms with Crippen LogP contribution in [0.15, 0.2) is 10.8 Å². The van der Waals surface area contributed by atoms with Gasteiger partial charge in [0.2, 0.25) is 0 Å². The number of carbonyl (C=O) groups is 2. The molecule has 3 nitrogen and oxygen atoms in total. The SMILES string of the molecule is CCOC(=O)C#Cc1cscc1C=O. The molecule has 1 aromatic rings. The number of ether oxygens (including phenoxy) is 1. The Labute approximate surface area is 85.7 Å². The van der Waals surface area contributed by atoms with Crippen LogP contribution in [-0.2, 0) is 9.53 Å². The normalized spacial score (nSPS) is 8.64. The van der Waals surface area contributed by atoms with E-state index in [1.54, 1.807) is 17.7 Å². The third-order valence-corrected chi connectivity index (χ3v) is 2.16. The van der Waals surface area contributed by atoms with Gasteiger partial charge in [0.15, 0.2) is 6.29 Å². The van der Waals surface area contributed by atoms with Crippen LogP contribution in [0.4, 0.5) is 0 Å². The second-order valence-corrected chi connectivity index (χ2v) is 3.07. The van der Waals surface area contributed by atoms with E-state index in [1.807, 2.05) is 0 Å². The number of aldehydes is 1. The molecule has 4 heteroatoms. The zero-order valence-electron chi connectivity index (χ0n) is 7.57. The Hall–Kier alpha value is -1.60. The molecule has 0 N–H and O–H groups in total. The fourth-order valence-electron chi connectivity index (χ4n) is 0.785. The number of hydrogen-bond donors (Lipinski definition) is 0. The summed E-state index contributed by atoms with van der Waals surface area (Å²) in [6.45, 7) is 2.01. The van der Waals surface area contributed by atoms with Crippen molar-refractivity contribution in [3.63, 3.8) is 0 Å². The van der Waals surface area contributed by atoms with Crippen LogP contribution in [-0.4, -0.2) is 18.9 Å². The predicted octanol–water partition coefficient (Wildman–Crippen LogP) is 1.48. The molecule has 1 heterocycles. The molecule has 0 aromatic carbocycles. The zero-order chi connectivity index (χ0) is 10.4. The van der Waals surface area contributed by atoms with Crippen molar-refractivity contribution in [3.8, 4) is 11.8 Å². The number of carbonyl (C=O) groups excluding carboxylic acids is 2. The van der Waals surface area contributed by atoms with Crippen LogP contribution in [0.1, 0.15) is 22.8 Å². The molecule has 0 atom stereocenters. The number of hydrogen-bond acceptors (Lipinski definition) is 4. The van der Waals surface area contributed by atoms with Crippen molar-refractivity contribution >= 4 is 23.6 Å². The standard InChI is InChI=1S/C10H8O3S/c1-2-13-10(12)4-3-8-6-14-7-9(8)5-11/h5-7H,2H2,1H3. The lowest BCUT2D eigenvalue weighted by atomic mass is 10.2. The summed E-state index contributed by atoms with van der Waals surface area (Å²) in [5, 5.41) is 3.40. The molecule has 1 rings (SSSR count). The molecule has 14 heavy (non-hydrogen) atoms. The van der Waals surface area contributed by atoms with Crippen molar-refractivity contribution in [2.75, 3.05) is 6.61 Å². The van der Waals surface area contributed by atoms with E-state index in [4.69, 9.17) is 0 Å². The highest BCUT2D eigenvalue weighted by atomic mass is 32.1. The first-order chi connectivity index (χ1) is 6.77. The van der Waals surface area contributed by atoms with Gasteiger partial charge in [-0.15, -0.1) is 0 Å². The third kappa shape index (κ3) is 2.71. The first kappa shape index (κ1) is 10.5. The van der Waals surface area contributed by atoms with Crippen molar-refractivity contribution in [3.05, 3.63) is 21.9 Å². The van der Waals surface area contributed by atoms with Gasteiger partial charge in [0.25, 0.3) is 0 Å². The maximum absolute atomic E-state index is 10.9. The van der Waals surface area contributed by atoms with Crippen molar-refractivity contribution in [2.45, 2.75) is 6.92 Å². The minimum Gasteiger partial charge on any atom is -0.456 e. The molecule has 0 radical (unpaired) electrons. The van der Waals surface area contributed by atoms with Gasteiger partial charge < -0.3 is 4.74 Å². The molecular formula is C10H8O3S. The second kappa shape index (κ2) is 5.20. The number of thiophene rings is 1. The fraction of sp³-hybridized carbons (Fsp3) is 0.200. The molecule has 0 unspecified atom stereocenters. The number of rotatable bonds is 2. The largest absolute Gasteiger partial charge is 0.456 e. The van der Waals surface area contributed by atoms with Gasteiger partial charge in [-0.2, -0.15) is 11.3 Å². The molecule has 1 aromatic heterocycles. The van der Waals surface area contributed by atoms with E-state index in [2.05, 4.69) is 16.6 Å². The van der Waals surface area contributed by atoms with Gasteiger partial charge in [-0.05, 0) is 6.92 Å². The molecule has 0 amide bonds. The van der Waals surface area contributed by atoms with Gasteiger partial charge in [-0.3, -0.25) is 4.79 Å². The Bertz CT molecular complexity index is 395. The van der Waals surface area contributed by atoms with E-state index >= 15 is 0 Å². The minimum atomic E-state index is -0.574. The van der Waals surface area contributed by atoms with Crippen LogP contribution in [0, 0.1) is 11.8 Å². The Morgan fingerprint density at radius 2 is 2.43 bits per heavy atom. The lowest BCUT2D eigenvalue weighted by Gasteiger charge is -1.90. The van der Waals surface area contributed by atoms with Gasteiger partial charge in [0.1, 0.15) is 0 Å². The summed E-state index contributed by atoms with van der Waals surface area (Å²) in [5.41, 5.74) is 1.07. The summed E-state index contributed by atoms with van der Waals surface area (Å²) < 4.78 is 4.62. The van der Waals surface area contributed by atoms with Crippen LogP contribution in [0.25, 0.3) is 0 Å².